The molecule has 0 saturated carbocycles. The van der Waals surface area contributed by atoms with Crippen LogP contribution in [-0.2, 0) is 0 Å². The molecule has 6 rings (SSSR count). The van der Waals surface area contributed by atoms with Crippen molar-refractivity contribution in [2.24, 2.45) is 0 Å². The molecule has 2 aliphatic rings. The van der Waals surface area contributed by atoms with Gasteiger partial charge >= 0.3 is 0 Å². The molecule has 5 heteroatoms. The lowest BCUT2D eigenvalue weighted by Gasteiger charge is -2.05. The Bertz CT molecular complexity index is 1440. The van der Waals surface area contributed by atoms with E-state index in [-0.39, 0.29) is 0 Å². The van der Waals surface area contributed by atoms with Crippen LogP contribution in [-0.4, -0.2) is 19.9 Å². The number of nitrogens with two attached hydrogens (primary N) is 1. The highest BCUT2D eigenvalue weighted by Crippen LogP contribution is 2.31. The number of hydrogen-bond donors (Lipinski definition) is 3. The average Bonchev–Trinajstić information content (AvgIpc) is 3.55. The van der Waals surface area contributed by atoms with Crippen molar-refractivity contribution < 1.29 is 0 Å². The molecule has 2 aliphatic heterocycles. The quantitative estimate of drug-likeness (QED) is 0.300. The molecule has 0 radical (unpaired) electrons. The van der Waals surface area contributed by atoms with Gasteiger partial charge in [-0.15, -0.1) is 0 Å². The first-order chi connectivity index (χ1) is 15.2. The van der Waals surface area contributed by atoms with Gasteiger partial charge in [-0.05, 0) is 84.5 Å². The predicted molar refractivity (Wildman–Crippen MR) is 129 cm³/mol. The first-order valence-corrected chi connectivity index (χ1v) is 10.1. The molecule has 0 aliphatic carbocycles. The van der Waals surface area contributed by atoms with E-state index in [2.05, 4.69) is 40.3 Å². The fourth-order valence-corrected chi connectivity index (χ4v) is 3.95. The molecule has 0 fully saturated rings. The summed E-state index contributed by atoms with van der Waals surface area (Å²) in [6.45, 7) is 0. The lowest BCUT2D eigenvalue weighted by Crippen LogP contribution is -1.90. The Morgan fingerprint density at radius 2 is 1.03 bits per heavy atom. The van der Waals surface area contributed by atoms with Gasteiger partial charge in [0.1, 0.15) is 0 Å². The van der Waals surface area contributed by atoms with Gasteiger partial charge in [-0.2, -0.15) is 0 Å². The highest BCUT2D eigenvalue weighted by atomic mass is 14.8. The maximum Gasteiger partial charge on any atom is 0.0737 e. The molecule has 0 amide bonds. The molecule has 5 nitrogen and oxygen atoms in total. The topological polar surface area (TPSA) is 83.4 Å². The first-order valence-electron chi connectivity index (χ1n) is 10.1. The van der Waals surface area contributed by atoms with E-state index in [1.54, 1.807) is 0 Å². The Labute approximate surface area is 178 Å². The van der Waals surface area contributed by atoms with Crippen LogP contribution in [0.25, 0.3) is 57.5 Å². The fraction of sp³-hybridized carbons (Fsp3) is 0. The lowest BCUT2D eigenvalue weighted by atomic mass is 10.0. The van der Waals surface area contributed by atoms with Crippen molar-refractivity contribution in [3.05, 3.63) is 89.5 Å². The molecule has 4 aromatic rings. The van der Waals surface area contributed by atoms with Gasteiger partial charge in [0.25, 0.3) is 0 Å². The second-order valence-electron chi connectivity index (χ2n) is 7.68. The van der Waals surface area contributed by atoms with Gasteiger partial charge in [-0.25, -0.2) is 9.97 Å². The SMILES string of the molecule is Nc1ccc(-c2c3nc(cc4ccc(cc5ccc(cc6nc2C=C6)[nH]5)[nH]4)C=C3)cc1. The molecule has 0 spiro atoms. The minimum absolute atomic E-state index is 0.730. The van der Waals surface area contributed by atoms with Crippen molar-refractivity contribution in [3.8, 4) is 11.1 Å². The number of benzene rings is 1. The molecular formula is C26H19N5. The molecule has 1 aromatic carbocycles. The standard InChI is InChI=1S/C26H19N5/c27-17-3-1-16(2-4-17)26-24-11-9-22(30-24)14-20-7-5-18(28-20)13-19-6-8-21(29-19)15-23-10-12-25(26)31-23/h1-15,28-29H,27H2. The Balaban J connectivity index is 1.71. The maximum atomic E-state index is 5.92. The molecule has 0 atom stereocenters. The van der Waals surface area contributed by atoms with Gasteiger partial charge in [0, 0.05) is 33.3 Å². The van der Waals surface area contributed by atoms with Crippen molar-refractivity contribution in [3.63, 3.8) is 0 Å². The number of aromatic nitrogens is 4. The van der Waals surface area contributed by atoms with Crippen molar-refractivity contribution >= 4 is 52.1 Å². The van der Waals surface area contributed by atoms with Crippen LogP contribution >= 0.6 is 0 Å². The van der Waals surface area contributed by atoms with Gasteiger partial charge < -0.3 is 15.7 Å². The first kappa shape index (κ1) is 17.5. The number of nitrogens with one attached hydrogen (secondary N) is 2. The summed E-state index contributed by atoms with van der Waals surface area (Å²) in [5.74, 6) is 0. The molecule has 3 aromatic heterocycles. The third kappa shape index (κ3) is 3.32. The lowest BCUT2D eigenvalue weighted by molar-refractivity contribution is 1.28. The summed E-state index contributed by atoms with van der Waals surface area (Å²) in [6, 6.07) is 22.3. The predicted octanol–water partition coefficient (Wildman–Crippen LogP) is 5.90. The number of rotatable bonds is 1. The minimum atomic E-state index is 0.730. The molecule has 4 N–H and O–H groups in total. The number of fused-ring (bicyclic) bond motifs is 8. The van der Waals surface area contributed by atoms with Crippen molar-refractivity contribution in [2.75, 3.05) is 5.73 Å². The zero-order chi connectivity index (χ0) is 20.8. The number of H-pyrrole nitrogens is 2. The Morgan fingerprint density at radius 3 is 1.55 bits per heavy atom. The van der Waals surface area contributed by atoms with E-state index in [9.17, 15) is 0 Å². The fourth-order valence-electron chi connectivity index (χ4n) is 3.95. The monoisotopic (exact) mass is 401 g/mol. The number of nitrogens with zero attached hydrogens (tertiary/aromatic N) is 2. The average molecular weight is 401 g/mol. The molecule has 148 valence electrons. The van der Waals surface area contributed by atoms with E-state index in [0.29, 0.717) is 0 Å². The zero-order valence-corrected chi connectivity index (χ0v) is 16.6. The van der Waals surface area contributed by atoms with Crippen molar-refractivity contribution in [2.45, 2.75) is 0 Å². The highest BCUT2D eigenvalue weighted by molar-refractivity contribution is 5.89. The maximum absolute atomic E-state index is 5.92. The van der Waals surface area contributed by atoms with E-state index in [1.807, 2.05) is 60.7 Å². The summed E-state index contributed by atoms with van der Waals surface area (Å²) in [6.07, 6.45) is 8.14. The summed E-state index contributed by atoms with van der Waals surface area (Å²) < 4.78 is 0. The molecule has 8 bridgehead atoms. The van der Waals surface area contributed by atoms with Crippen LogP contribution in [0, 0.1) is 0 Å². The van der Waals surface area contributed by atoms with Crippen LogP contribution in [0.5, 0.6) is 0 Å². The molecular weight excluding hydrogens is 382 g/mol. The van der Waals surface area contributed by atoms with E-state index in [4.69, 9.17) is 15.7 Å². The molecule has 0 saturated heterocycles. The van der Waals surface area contributed by atoms with Crippen LogP contribution in [0.3, 0.4) is 0 Å². The van der Waals surface area contributed by atoms with Crippen LogP contribution in [0.1, 0.15) is 22.8 Å². The molecule has 5 heterocycles. The van der Waals surface area contributed by atoms with E-state index in [1.165, 1.54) is 0 Å². The number of hydrogen-bond acceptors (Lipinski definition) is 3. The van der Waals surface area contributed by atoms with Gasteiger partial charge in [0.05, 0.1) is 22.8 Å². The zero-order valence-electron chi connectivity index (χ0n) is 16.6. The van der Waals surface area contributed by atoms with Gasteiger partial charge in [-0.1, -0.05) is 12.1 Å². The Morgan fingerprint density at radius 1 is 0.548 bits per heavy atom. The molecule has 31 heavy (non-hydrogen) atoms. The Kier molecular flexibility index (Phi) is 3.86. The van der Waals surface area contributed by atoms with Crippen LogP contribution < -0.4 is 5.73 Å². The summed E-state index contributed by atoms with van der Waals surface area (Å²) in [5.41, 5.74) is 16.3. The van der Waals surface area contributed by atoms with E-state index >= 15 is 0 Å². The normalized spacial score (nSPS) is 12.4. The second-order valence-corrected chi connectivity index (χ2v) is 7.68. The van der Waals surface area contributed by atoms with Gasteiger partial charge in [0.2, 0.25) is 0 Å². The number of nitrogen functional groups attached to an aromatic ring is 1. The molecule has 0 unspecified atom stereocenters. The summed E-state index contributed by atoms with van der Waals surface area (Å²) >= 11 is 0. The smallest absolute Gasteiger partial charge is 0.0737 e. The van der Waals surface area contributed by atoms with Gasteiger partial charge in [-0.3, -0.25) is 0 Å². The summed E-state index contributed by atoms with van der Waals surface area (Å²) in [5, 5.41) is 0. The number of aromatic amines is 2. The summed E-state index contributed by atoms with van der Waals surface area (Å²) in [7, 11) is 0. The van der Waals surface area contributed by atoms with Gasteiger partial charge in [0.15, 0.2) is 0 Å². The third-order valence-electron chi connectivity index (χ3n) is 5.41. The third-order valence-corrected chi connectivity index (χ3v) is 5.41. The van der Waals surface area contributed by atoms with Crippen LogP contribution in [0.2, 0.25) is 0 Å². The highest BCUT2D eigenvalue weighted by Gasteiger charge is 2.13. The minimum Gasteiger partial charge on any atom is -0.399 e. The van der Waals surface area contributed by atoms with Crippen LogP contribution in [0.15, 0.2) is 66.7 Å². The Hall–Kier alpha value is -4.38. The summed E-state index contributed by atoms with van der Waals surface area (Å²) in [4.78, 5) is 16.6. The van der Waals surface area contributed by atoms with E-state index in [0.717, 1.165) is 61.7 Å². The van der Waals surface area contributed by atoms with Crippen molar-refractivity contribution in [1.29, 1.82) is 0 Å². The van der Waals surface area contributed by atoms with E-state index < -0.39 is 0 Å². The van der Waals surface area contributed by atoms with Crippen LogP contribution in [0.4, 0.5) is 5.69 Å². The van der Waals surface area contributed by atoms with Crippen molar-refractivity contribution in [1.82, 2.24) is 19.9 Å². The largest absolute Gasteiger partial charge is 0.399 e. The number of anilines is 1. The second kappa shape index (κ2) is 6.85.